The number of hydrogen-bond donors (Lipinski definition) is 1. The molecule has 0 aliphatic carbocycles. The lowest BCUT2D eigenvalue weighted by atomic mass is 9.97. The Kier molecular flexibility index (Phi) is 6.88. The number of nitrogens with one attached hydrogen (secondary N) is 1. The van der Waals surface area contributed by atoms with E-state index in [9.17, 15) is 18.5 Å². The van der Waals surface area contributed by atoms with E-state index >= 15 is 0 Å². The number of carbonyl (C=O) groups is 1. The third-order valence-corrected chi connectivity index (χ3v) is 8.56. The third kappa shape index (κ3) is 4.98. The van der Waals surface area contributed by atoms with Crippen molar-refractivity contribution in [3.63, 3.8) is 0 Å². The van der Waals surface area contributed by atoms with Crippen LogP contribution >= 0.6 is 11.3 Å². The van der Waals surface area contributed by atoms with Gasteiger partial charge in [-0.15, -0.1) is 11.3 Å². The lowest BCUT2D eigenvalue weighted by Crippen LogP contribution is -2.41. The molecule has 1 aliphatic heterocycles. The van der Waals surface area contributed by atoms with Gasteiger partial charge in [0.15, 0.2) is 5.13 Å². The highest BCUT2D eigenvalue weighted by Crippen LogP contribution is 2.28. The van der Waals surface area contributed by atoms with Crippen LogP contribution in [0.2, 0.25) is 0 Å². The van der Waals surface area contributed by atoms with E-state index in [0.29, 0.717) is 18.0 Å². The van der Waals surface area contributed by atoms with Gasteiger partial charge in [0.25, 0.3) is 0 Å². The number of carbonyl (C=O) groups excluding carboxylic acids is 1. The summed E-state index contributed by atoms with van der Waals surface area (Å²) in [4.78, 5) is 17.3. The Labute approximate surface area is 197 Å². The van der Waals surface area contributed by atoms with Crippen LogP contribution in [0.3, 0.4) is 0 Å². The van der Waals surface area contributed by atoms with E-state index in [1.54, 1.807) is 12.1 Å². The van der Waals surface area contributed by atoms with E-state index in [1.807, 2.05) is 23.6 Å². The molecule has 170 valence electrons. The average molecular weight is 481 g/mol. The normalized spacial score (nSPS) is 15.2. The van der Waals surface area contributed by atoms with E-state index in [4.69, 9.17) is 0 Å². The number of nitriles is 1. The number of amides is 1. The maximum absolute atomic E-state index is 13.0. The van der Waals surface area contributed by atoms with E-state index in [-0.39, 0.29) is 35.4 Å². The Morgan fingerprint density at radius 1 is 1.18 bits per heavy atom. The van der Waals surface area contributed by atoms with Gasteiger partial charge in [-0.05, 0) is 37.0 Å². The molecule has 3 aromatic rings. The highest BCUT2D eigenvalue weighted by atomic mass is 32.2. The zero-order chi connectivity index (χ0) is 23.4. The molecule has 0 radical (unpaired) electrons. The molecule has 4 rings (SSSR count). The van der Waals surface area contributed by atoms with Crippen LogP contribution in [-0.2, 0) is 21.2 Å². The molecule has 1 aromatic heterocycles. The minimum Gasteiger partial charge on any atom is -0.302 e. The van der Waals surface area contributed by atoms with Crippen LogP contribution in [0, 0.1) is 17.2 Å². The summed E-state index contributed by atoms with van der Waals surface area (Å²) in [6.45, 7) is 2.57. The Bertz CT molecular complexity index is 1290. The van der Waals surface area contributed by atoms with Crippen molar-refractivity contribution in [2.45, 2.75) is 31.1 Å². The molecule has 0 bridgehead atoms. The fourth-order valence-corrected chi connectivity index (χ4v) is 6.20. The van der Waals surface area contributed by atoms with Gasteiger partial charge in [0.2, 0.25) is 15.9 Å². The van der Waals surface area contributed by atoms with Gasteiger partial charge in [-0.25, -0.2) is 13.4 Å². The first-order chi connectivity index (χ1) is 15.9. The van der Waals surface area contributed by atoms with Crippen molar-refractivity contribution in [2.75, 3.05) is 18.4 Å². The number of hydrogen-bond acceptors (Lipinski definition) is 6. The standard InChI is InChI=1S/C24H24N4O3S2/c1-2-17-7-9-18(10-8-17)21-16-32-24(26-21)27-23(29)19-11-13-28(14-12-19)33(30,31)22-6-4-3-5-20(22)15-25/h3-10,16,19H,2,11-14H2,1H3,(H,26,27,29). The van der Waals surface area contributed by atoms with Gasteiger partial charge in [-0.2, -0.15) is 9.57 Å². The molecule has 33 heavy (non-hydrogen) atoms. The number of anilines is 1. The lowest BCUT2D eigenvalue weighted by molar-refractivity contribution is -0.120. The summed E-state index contributed by atoms with van der Waals surface area (Å²) < 4.78 is 27.3. The Balaban J connectivity index is 1.37. The molecule has 2 aromatic carbocycles. The summed E-state index contributed by atoms with van der Waals surface area (Å²) in [5.74, 6) is -0.439. The van der Waals surface area contributed by atoms with Gasteiger partial charge >= 0.3 is 0 Å². The predicted molar refractivity (Wildman–Crippen MR) is 128 cm³/mol. The molecule has 7 nitrogen and oxygen atoms in total. The lowest BCUT2D eigenvalue weighted by Gasteiger charge is -2.30. The Morgan fingerprint density at radius 3 is 2.55 bits per heavy atom. The topological polar surface area (TPSA) is 103 Å². The molecule has 0 saturated carbocycles. The molecular weight excluding hydrogens is 456 g/mol. The number of aryl methyl sites for hydroxylation is 1. The first-order valence-corrected chi connectivity index (χ1v) is 13.1. The first-order valence-electron chi connectivity index (χ1n) is 10.8. The number of thiazole rings is 1. The summed E-state index contributed by atoms with van der Waals surface area (Å²) in [5.41, 5.74) is 3.20. The molecule has 1 saturated heterocycles. The Morgan fingerprint density at radius 2 is 1.88 bits per heavy atom. The van der Waals surface area contributed by atoms with Gasteiger partial charge in [0, 0.05) is 30.0 Å². The molecule has 1 aliphatic rings. The third-order valence-electron chi connectivity index (χ3n) is 5.84. The van der Waals surface area contributed by atoms with Crippen molar-refractivity contribution in [2.24, 2.45) is 5.92 Å². The van der Waals surface area contributed by atoms with Crippen LogP contribution in [0.5, 0.6) is 0 Å². The molecule has 2 heterocycles. The van der Waals surface area contributed by atoms with Crippen molar-refractivity contribution in [1.29, 1.82) is 5.26 Å². The maximum Gasteiger partial charge on any atom is 0.244 e. The van der Waals surface area contributed by atoms with E-state index < -0.39 is 10.0 Å². The van der Waals surface area contributed by atoms with Gasteiger partial charge in [0.05, 0.1) is 16.2 Å². The second kappa shape index (κ2) is 9.83. The van der Waals surface area contributed by atoms with Crippen LogP contribution in [-0.4, -0.2) is 36.7 Å². The zero-order valence-electron chi connectivity index (χ0n) is 18.2. The molecule has 1 fully saturated rings. The molecule has 0 unspecified atom stereocenters. The van der Waals surface area contributed by atoms with E-state index in [1.165, 1.54) is 33.3 Å². The molecule has 9 heteroatoms. The highest BCUT2D eigenvalue weighted by molar-refractivity contribution is 7.89. The fourth-order valence-electron chi connectivity index (χ4n) is 3.86. The van der Waals surface area contributed by atoms with Crippen molar-refractivity contribution >= 4 is 32.4 Å². The molecule has 0 spiro atoms. The monoisotopic (exact) mass is 480 g/mol. The van der Waals surface area contributed by atoms with Gasteiger partial charge < -0.3 is 5.32 Å². The van der Waals surface area contributed by atoms with Crippen LogP contribution in [0.25, 0.3) is 11.3 Å². The molecule has 0 atom stereocenters. The number of benzene rings is 2. The van der Waals surface area contributed by atoms with E-state index in [2.05, 4.69) is 29.4 Å². The number of nitrogens with zero attached hydrogens (tertiary/aromatic N) is 3. The highest BCUT2D eigenvalue weighted by Gasteiger charge is 2.33. The molecular formula is C24H24N4O3S2. The zero-order valence-corrected chi connectivity index (χ0v) is 19.8. The van der Waals surface area contributed by atoms with Crippen molar-refractivity contribution in [1.82, 2.24) is 9.29 Å². The molecule has 1 amide bonds. The fraction of sp³-hybridized carbons (Fsp3) is 0.292. The summed E-state index contributed by atoms with van der Waals surface area (Å²) in [6.07, 6.45) is 1.80. The van der Waals surface area contributed by atoms with Crippen molar-refractivity contribution in [3.8, 4) is 17.3 Å². The van der Waals surface area contributed by atoms with Crippen LogP contribution in [0.1, 0.15) is 30.9 Å². The maximum atomic E-state index is 13.0. The van der Waals surface area contributed by atoms with E-state index in [0.717, 1.165) is 17.7 Å². The van der Waals surface area contributed by atoms with Crippen molar-refractivity contribution < 1.29 is 13.2 Å². The summed E-state index contributed by atoms with van der Waals surface area (Å²) in [5, 5.41) is 14.6. The van der Waals surface area contributed by atoms with Gasteiger partial charge in [-0.3, -0.25) is 4.79 Å². The quantitative estimate of drug-likeness (QED) is 0.567. The summed E-state index contributed by atoms with van der Waals surface area (Å²) >= 11 is 1.37. The van der Waals surface area contributed by atoms with Crippen LogP contribution in [0.4, 0.5) is 5.13 Å². The number of aromatic nitrogens is 1. The molecule has 1 N–H and O–H groups in total. The second-order valence-electron chi connectivity index (χ2n) is 7.86. The van der Waals surface area contributed by atoms with Crippen molar-refractivity contribution in [3.05, 3.63) is 65.0 Å². The second-order valence-corrected chi connectivity index (χ2v) is 10.6. The average Bonchev–Trinajstić information content (AvgIpc) is 3.32. The summed E-state index contributed by atoms with van der Waals surface area (Å²) in [7, 11) is -3.78. The van der Waals surface area contributed by atoms with Gasteiger partial charge in [-0.1, -0.05) is 43.3 Å². The number of sulfonamides is 1. The van der Waals surface area contributed by atoms with Gasteiger partial charge in [0.1, 0.15) is 6.07 Å². The minimum absolute atomic E-state index is 0.0117. The minimum atomic E-state index is -3.78. The number of piperidine rings is 1. The largest absolute Gasteiger partial charge is 0.302 e. The van der Waals surface area contributed by atoms with Crippen LogP contribution in [0.15, 0.2) is 58.8 Å². The smallest absolute Gasteiger partial charge is 0.244 e. The van der Waals surface area contributed by atoms with Crippen LogP contribution < -0.4 is 5.32 Å². The SMILES string of the molecule is CCc1ccc(-c2csc(NC(=O)C3CCN(S(=O)(=O)c4ccccc4C#N)CC3)n2)cc1. The summed E-state index contributed by atoms with van der Waals surface area (Å²) in [6, 6.07) is 16.3. The number of rotatable bonds is 6. The first kappa shape index (κ1) is 23.1. The Hall–Kier alpha value is -3.06. The predicted octanol–water partition coefficient (Wildman–Crippen LogP) is 4.28.